The molecule has 0 unspecified atom stereocenters. The van der Waals surface area contributed by atoms with E-state index >= 15 is 0 Å². The van der Waals surface area contributed by atoms with Gasteiger partial charge < -0.3 is 10.4 Å². The molecule has 0 radical (unpaired) electrons. The number of aliphatic hydroxyl groups is 1. The van der Waals surface area contributed by atoms with Gasteiger partial charge in [-0.25, -0.2) is 4.39 Å². The molecule has 3 heteroatoms. The second kappa shape index (κ2) is 9.06. The molecule has 1 aliphatic heterocycles. The molecular formula is C15H26FNO. The van der Waals surface area contributed by atoms with Crippen LogP contribution in [0.5, 0.6) is 0 Å². The van der Waals surface area contributed by atoms with Crippen LogP contribution in [0.4, 0.5) is 4.39 Å². The van der Waals surface area contributed by atoms with Crippen molar-refractivity contribution in [2.75, 3.05) is 19.7 Å². The number of hydrogen-bond acceptors (Lipinski definition) is 2. The van der Waals surface area contributed by atoms with Gasteiger partial charge in [-0.05, 0) is 44.5 Å². The summed E-state index contributed by atoms with van der Waals surface area (Å²) in [6.45, 7) is 10.9. The van der Waals surface area contributed by atoms with Gasteiger partial charge in [-0.15, -0.1) is 0 Å². The van der Waals surface area contributed by atoms with Crippen LogP contribution in [0.1, 0.15) is 33.6 Å². The van der Waals surface area contributed by atoms with E-state index < -0.39 is 5.41 Å². The summed E-state index contributed by atoms with van der Waals surface area (Å²) in [6.07, 6.45) is 6.28. The van der Waals surface area contributed by atoms with Gasteiger partial charge >= 0.3 is 0 Å². The third kappa shape index (κ3) is 4.07. The van der Waals surface area contributed by atoms with Crippen molar-refractivity contribution in [3.8, 4) is 0 Å². The second-order valence-electron chi connectivity index (χ2n) is 4.15. The number of allylic oxidation sites excluding steroid dienone is 4. The summed E-state index contributed by atoms with van der Waals surface area (Å²) in [5.74, 6) is -0.325. The van der Waals surface area contributed by atoms with Crippen molar-refractivity contribution in [1.82, 2.24) is 5.32 Å². The molecule has 104 valence electrons. The van der Waals surface area contributed by atoms with Gasteiger partial charge in [0, 0.05) is 5.41 Å². The first-order chi connectivity index (χ1) is 8.70. The van der Waals surface area contributed by atoms with E-state index in [4.69, 9.17) is 0 Å². The van der Waals surface area contributed by atoms with Crippen molar-refractivity contribution in [1.29, 1.82) is 0 Å². The lowest BCUT2D eigenvalue weighted by Gasteiger charge is -2.37. The summed E-state index contributed by atoms with van der Waals surface area (Å²) in [5, 5.41) is 12.8. The van der Waals surface area contributed by atoms with Crippen molar-refractivity contribution < 1.29 is 9.50 Å². The van der Waals surface area contributed by atoms with E-state index in [-0.39, 0.29) is 12.4 Å². The largest absolute Gasteiger partial charge is 0.395 e. The predicted octanol–water partition coefficient (Wildman–Crippen LogP) is 3.36. The lowest BCUT2D eigenvalue weighted by molar-refractivity contribution is 0.124. The zero-order valence-corrected chi connectivity index (χ0v) is 11.8. The summed E-state index contributed by atoms with van der Waals surface area (Å²) in [6, 6.07) is 0. The average molecular weight is 255 g/mol. The summed E-state index contributed by atoms with van der Waals surface area (Å²) in [7, 11) is 0. The quantitative estimate of drug-likeness (QED) is 0.755. The van der Waals surface area contributed by atoms with E-state index in [1.54, 1.807) is 12.2 Å². The minimum absolute atomic E-state index is 0.0182. The first-order valence-corrected chi connectivity index (χ1v) is 6.67. The highest BCUT2D eigenvalue weighted by atomic mass is 19.1. The van der Waals surface area contributed by atoms with Crippen molar-refractivity contribution in [2.24, 2.45) is 5.41 Å². The van der Waals surface area contributed by atoms with Crippen LogP contribution in [0.15, 0.2) is 36.2 Å². The van der Waals surface area contributed by atoms with Gasteiger partial charge in [0.15, 0.2) is 0 Å². The molecule has 1 fully saturated rings. The lowest BCUT2D eigenvalue weighted by Crippen LogP contribution is -2.40. The molecule has 0 aromatic heterocycles. The Labute approximate surface area is 110 Å². The van der Waals surface area contributed by atoms with Crippen molar-refractivity contribution >= 4 is 0 Å². The van der Waals surface area contributed by atoms with Gasteiger partial charge in [0.2, 0.25) is 0 Å². The van der Waals surface area contributed by atoms with Crippen LogP contribution < -0.4 is 5.32 Å². The number of aliphatic hydroxyl groups excluding tert-OH is 1. The van der Waals surface area contributed by atoms with E-state index in [0.29, 0.717) is 5.57 Å². The Balaban J connectivity index is 0.00000137. The van der Waals surface area contributed by atoms with E-state index in [9.17, 15) is 9.50 Å². The van der Waals surface area contributed by atoms with Crippen LogP contribution in [0, 0.1) is 5.41 Å². The Hall–Kier alpha value is -0.930. The highest BCUT2D eigenvalue weighted by Crippen LogP contribution is 2.39. The standard InChI is InChI=1S/C13H20FNO.C2H6/c1-3-5-11(12(14)4-2)13(10-16)6-8-15-9-7-13;1-2/h3-5,15-16H,2,6-10H2,1H3;1-2H3/b5-3-,12-11-;. The van der Waals surface area contributed by atoms with Crippen molar-refractivity contribution in [3.63, 3.8) is 0 Å². The fourth-order valence-corrected chi connectivity index (χ4v) is 2.20. The molecule has 0 aromatic carbocycles. The van der Waals surface area contributed by atoms with Gasteiger partial charge in [-0.1, -0.05) is 32.6 Å². The summed E-state index contributed by atoms with van der Waals surface area (Å²) in [4.78, 5) is 0. The summed E-state index contributed by atoms with van der Waals surface area (Å²) in [5.41, 5.74) is 0.129. The third-order valence-corrected chi connectivity index (χ3v) is 3.20. The molecule has 1 aliphatic rings. The van der Waals surface area contributed by atoms with Crippen LogP contribution >= 0.6 is 0 Å². The first-order valence-electron chi connectivity index (χ1n) is 6.67. The normalized spacial score (nSPS) is 19.8. The lowest BCUT2D eigenvalue weighted by atomic mass is 9.72. The van der Waals surface area contributed by atoms with Crippen LogP contribution in [0.3, 0.4) is 0 Å². The molecule has 0 saturated carbocycles. The number of piperidine rings is 1. The highest BCUT2D eigenvalue weighted by molar-refractivity contribution is 5.34. The fourth-order valence-electron chi connectivity index (χ4n) is 2.20. The smallest absolute Gasteiger partial charge is 0.126 e. The maximum Gasteiger partial charge on any atom is 0.126 e. The molecular weight excluding hydrogens is 229 g/mol. The monoisotopic (exact) mass is 255 g/mol. The van der Waals surface area contributed by atoms with Gasteiger partial charge in [0.05, 0.1) is 6.61 Å². The number of nitrogens with one attached hydrogen (secondary N) is 1. The molecule has 1 saturated heterocycles. The Morgan fingerprint density at radius 1 is 1.39 bits per heavy atom. The summed E-state index contributed by atoms with van der Waals surface area (Å²) >= 11 is 0. The van der Waals surface area contributed by atoms with Crippen LogP contribution in [0.2, 0.25) is 0 Å². The first kappa shape index (κ1) is 17.1. The van der Waals surface area contributed by atoms with Crippen LogP contribution in [-0.2, 0) is 0 Å². The SMILES string of the molecule is C=C/C(F)=C(\C=C/C)C1(CO)CCNCC1.CC. The molecule has 0 spiro atoms. The zero-order chi connectivity index (χ0) is 14.0. The minimum Gasteiger partial charge on any atom is -0.395 e. The van der Waals surface area contributed by atoms with Crippen LogP contribution in [0.25, 0.3) is 0 Å². The molecule has 2 nitrogen and oxygen atoms in total. The van der Waals surface area contributed by atoms with E-state index in [2.05, 4.69) is 11.9 Å². The zero-order valence-electron chi connectivity index (χ0n) is 11.8. The molecule has 2 N–H and O–H groups in total. The second-order valence-corrected chi connectivity index (χ2v) is 4.15. The highest BCUT2D eigenvalue weighted by Gasteiger charge is 2.35. The van der Waals surface area contributed by atoms with Gasteiger partial charge in [0.25, 0.3) is 0 Å². The molecule has 1 rings (SSSR count). The molecule has 18 heavy (non-hydrogen) atoms. The number of halogens is 1. The Morgan fingerprint density at radius 2 is 1.94 bits per heavy atom. The molecule has 0 amide bonds. The molecule has 1 heterocycles. The van der Waals surface area contributed by atoms with Crippen LogP contribution in [-0.4, -0.2) is 24.8 Å². The Bertz CT molecular complexity index is 302. The maximum atomic E-state index is 13.8. The fraction of sp³-hybridized carbons (Fsp3) is 0.600. The molecule has 0 bridgehead atoms. The Kier molecular flexibility index (Phi) is 8.59. The number of hydrogen-bond donors (Lipinski definition) is 2. The van der Waals surface area contributed by atoms with E-state index in [1.165, 1.54) is 6.08 Å². The molecule has 0 atom stereocenters. The van der Waals surface area contributed by atoms with E-state index in [0.717, 1.165) is 25.9 Å². The van der Waals surface area contributed by atoms with E-state index in [1.807, 2.05) is 20.8 Å². The Morgan fingerprint density at radius 3 is 2.33 bits per heavy atom. The minimum atomic E-state index is -0.448. The average Bonchev–Trinajstić information content (AvgIpc) is 2.46. The molecule has 0 aliphatic carbocycles. The van der Waals surface area contributed by atoms with Crippen molar-refractivity contribution in [2.45, 2.75) is 33.6 Å². The third-order valence-electron chi connectivity index (χ3n) is 3.20. The summed E-state index contributed by atoms with van der Waals surface area (Å²) < 4.78 is 13.8. The predicted molar refractivity (Wildman–Crippen MR) is 76.1 cm³/mol. The topological polar surface area (TPSA) is 32.3 Å². The van der Waals surface area contributed by atoms with Gasteiger partial charge in [-0.2, -0.15) is 0 Å². The van der Waals surface area contributed by atoms with Gasteiger partial charge in [0.1, 0.15) is 5.83 Å². The number of rotatable bonds is 4. The van der Waals surface area contributed by atoms with Crippen molar-refractivity contribution in [3.05, 3.63) is 36.2 Å². The maximum absolute atomic E-state index is 13.8. The van der Waals surface area contributed by atoms with Gasteiger partial charge in [-0.3, -0.25) is 0 Å². The molecule has 0 aromatic rings.